The Morgan fingerprint density at radius 3 is 2.46 bits per heavy atom. The number of hydrogen-bond donors (Lipinski definition) is 2. The largest absolute Gasteiger partial charge is 0.352 e. The maximum atomic E-state index is 12.2. The lowest BCUT2D eigenvalue weighted by molar-refractivity contribution is -0.120. The van der Waals surface area contributed by atoms with Crippen LogP contribution in [0, 0.1) is 0 Å². The molecule has 1 aromatic heterocycles. The average molecular weight is 370 g/mol. The van der Waals surface area contributed by atoms with Gasteiger partial charge in [0.1, 0.15) is 0 Å². The third-order valence-corrected chi connectivity index (χ3v) is 5.74. The molecule has 3 rings (SSSR count). The number of para-hydroxylation sites is 1. The zero-order valence-corrected chi connectivity index (χ0v) is 14.8. The Morgan fingerprint density at radius 1 is 1.00 bits per heavy atom. The number of aromatic nitrogens is 1. The number of benzene rings is 2. The Bertz CT molecular complexity index is 1090. The van der Waals surface area contributed by atoms with E-state index in [0.717, 1.165) is 10.9 Å². The van der Waals surface area contributed by atoms with Gasteiger partial charge in [-0.05, 0) is 29.7 Å². The molecule has 0 atom stereocenters. The molecule has 1 amide bonds. The van der Waals surface area contributed by atoms with Crippen molar-refractivity contribution < 1.29 is 13.2 Å². The van der Waals surface area contributed by atoms with E-state index in [9.17, 15) is 18.0 Å². The van der Waals surface area contributed by atoms with Gasteiger partial charge in [0, 0.05) is 24.0 Å². The number of carbonyl (C=O) groups excluding carboxylic acids is 1. The molecule has 0 aliphatic carbocycles. The summed E-state index contributed by atoms with van der Waals surface area (Å²) in [6.45, 7) is 0.0460. The molecule has 0 fully saturated rings. The van der Waals surface area contributed by atoms with Crippen LogP contribution in [0.1, 0.15) is 12.0 Å². The molecule has 0 bridgehead atoms. The second-order valence-electron chi connectivity index (χ2n) is 5.87. The van der Waals surface area contributed by atoms with Gasteiger partial charge < -0.3 is 10.3 Å². The number of hydrogen-bond acceptors (Lipinski definition) is 4. The topological polar surface area (TPSA) is 96.1 Å². The van der Waals surface area contributed by atoms with Crippen molar-refractivity contribution in [2.45, 2.75) is 17.9 Å². The first kappa shape index (κ1) is 17.9. The molecule has 0 saturated heterocycles. The van der Waals surface area contributed by atoms with Crippen molar-refractivity contribution in [3.8, 4) is 0 Å². The molecular formula is C19H18N2O4S. The summed E-state index contributed by atoms with van der Waals surface area (Å²) in [6.07, 6.45) is -0.164. The van der Waals surface area contributed by atoms with Crippen LogP contribution in [0.2, 0.25) is 0 Å². The molecule has 2 aromatic carbocycles. The van der Waals surface area contributed by atoms with Gasteiger partial charge in [-0.25, -0.2) is 8.42 Å². The van der Waals surface area contributed by atoms with E-state index >= 15 is 0 Å². The number of carbonyl (C=O) groups is 1. The van der Waals surface area contributed by atoms with Crippen LogP contribution in [0.3, 0.4) is 0 Å². The van der Waals surface area contributed by atoms with E-state index in [2.05, 4.69) is 10.3 Å². The lowest BCUT2D eigenvalue weighted by Crippen LogP contribution is -2.28. The van der Waals surface area contributed by atoms with Gasteiger partial charge in [-0.2, -0.15) is 0 Å². The summed E-state index contributed by atoms with van der Waals surface area (Å²) in [5.74, 6) is -0.700. The molecule has 0 saturated carbocycles. The third-order valence-electron chi connectivity index (χ3n) is 4.01. The van der Waals surface area contributed by atoms with Crippen molar-refractivity contribution in [3.05, 3.63) is 76.6 Å². The maximum Gasteiger partial charge on any atom is 0.253 e. The fourth-order valence-electron chi connectivity index (χ4n) is 2.58. The van der Waals surface area contributed by atoms with Gasteiger partial charge in [-0.1, -0.05) is 36.4 Å². The minimum absolute atomic E-state index is 0.0460. The number of sulfone groups is 1. The number of H-pyrrole nitrogens is 1. The Labute approximate surface area is 150 Å². The van der Waals surface area contributed by atoms with Crippen LogP contribution in [0.4, 0.5) is 0 Å². The SMILES string of the molecule is O=C(CCS(=O)(=O)c1ccccc1)NCc1cc2ccccc2[nH]c1=O. The molecule has 0 spiro atoms. The summed E-state index contributed by atoms with van der Waals surface area (Å²) < 4.78 is 24.4. The van der Waals surface area contributed by atoms with Crippen molar-refractivity contribution >= 4 is 26.6 Å². The smallest absolute Gasteiger partial charge is 0.253 e. The fourth-order valence-corrected chi connectivity index (χ4v) is 3.84. The number of aromatic amines is 1. The predicted molar refractivity (Wildman–Crippen MR) is 99.5 cm³/mol. The second-order valence-corrected chi connectivity index (χ2v) is 7.98. The molecule has 0 aliphatic heterocycles. The summed E-state index contributed by atoms with van der Waals surface area (Å²) in [5.41, 5.74) is 0.866. The first-order valence-corrected chi connectivity index (χ1v) is 9.76. The summed E-state index contributed by atoms with van der Waals surface area (Å²) in [7, 11) is -3.50. The van der Waals surface area contributed by atoms with E-state index in [1.54, 1.807) is 30.3 Å². The van der Waals surface area contributed by atoms with Crippen molar-refractivity contribution in [2.75, 3.05) is 5.75 Å². The molecule has 26 heavy (non-hydrogen) atoms. The first-order valence-electron chi connectivity index (χ1n) is 8.11. The summed E-state index contributed by atoms with van der Waals surface area (Å²) in [5, 5.41) is 3.47. The molecule has 134 valence electrons. The van der Waals surface area contributed by atoms with Gasteiger partial charge in [0.05, 0.1) is 10.6 Å². The maximum absolute atomic E-state index is 12.2. The van der Waals surface area contributed by atoms with Crippen molar-refractivity contribution in [1.29, 1.82) is 0 Å². The quantitative estimate of drug-likeness (QED) is 0.694. The molecular weight excluding hydrogens is 352 g/mol. The number of rotatable bonds is 6. The van der Waals surface area contributed by atoms with Crippen LogP contribution in [0.25, 0.3) is 10.9 Å². The standard InChI is InChI=1S/C19H18N2O4S/c22-18(10-11-26(24,25)16-7-2-1-3-8-16)20-13-15-12-14-6-4-5-9-17(14)21-19(15)23/h1-9,12H,10-11,13H2,(H,20,22)(H,21,23). The zero-order chi connectivity index (χ0) is 18.6. The van der Waals surface area contributed by atoms with E-state index in [1.807, 2.05) is 18.2 Å². The lowest BCUT2D eigenvalue weighted by Gasteiger charge is -2.07. The fraction of sp³-hybridized carbons (Fsp3) is 0.158. The van der Waals surface area contributed by atoms with Crippen molar-refractivity contribution in [3.63, 3.8) is 0 Å². The normalized spacial score (nSPS) is 11.4. The Hall–Kier alpha value is -2.93. The third kappa shape index (κ3) is 4.18. The minimum Gasteiger partial charge on any atom is -0.352 e. The van der Waals surface area contributed by atoms with Gasteiger partial charge in [0.15, 0.2) is 9.84 Å². The molecule has 0 unspecified atom stereocenters. The van der Waals surface area contributed by atoms with Gasteiger partial charge in [-0.15, -0.1) is 0 Å². The summed E-state index contributed by atoms with van der Waals surface area (Å²) >= 11 is 0. The van der Waals surface area contributed by atoms with Crippen molar-refractivity contribution in [1.82, 2.24) is 10.3 Å². The Balaban J connectivity index is 1.61. The van der Waals surface area contributed by atoms with Gasteiger partial charge >= 0.3 is 0 Å². The van der Waals surface area contributed by atoms with Crippen LogP contribution >= 0.6 is 0 Å². The van der Waals surface area contributed by atoms with Crippen LogP contribution in [-0.4, -0.2) is 25.1 Å². The van der Waals surface area contributed by atoms with Crippen LogP contribution in [-0.2, 0) is 21.2 Å². The number of pyridine rings is 1. The number of amides is 1. The molecule has 0 aliphatic rings. The van der Waals surface area contributed by atoms with Crippen molar-refractivity contribution in [2.24, 2.45) is 0 Å². The van der Waals surface area contributed by atoms with Gasteiger partial charge in [-0.3, -0.25) is 9.59 Å². The monoisotopic (exact) mass is 370 g/mol. The molecule has 1 heterocycles. The highest BCUT2D eigenvalue weighted by Gasteiger charge is 2.16. The van der Waals surface area contributed by atoms with Crippen LogP contribution < -0.4 is 10.9 Å². The number of fused-ring (bicyclic) bond motifs is 1. The zero-order valence-electron chi connectivity index (χ0n) is 13.9. The molecule has 3 aromatic rings. The highest BCUT2D eigenvalue weighted by Crippen LogP contribution is 2.12. The van der Waals surface area contributed by atoms with E-state index in [-0.39, 0.29) is 29.2 Å². The molecule has 6 nitrogen and oxygen atoms in total. The molecule has 7 heteroatoms. The van der Waals surface area contributed by atoms with E-state index < -0.39 is 15.7 Å². The van der Waals surface area contributed by atoms with E-state index in [4.69, 9.17) is 0 Å². The molecule has 2 N–H and O–H groups in total. The summed E-state index contributed by atoms with van der Waals surface area (Å²) in [4.78, 5) is 27.0. The predicted octanol–water partition coefficient (Wildman–Crippen LogP) is 2.01. The average Bonchev–Trinajstić information content (AvgIpc) is 2.65. The highest BCUT2D eigenvalue weighted by molar-refractivity contribution is 7.91. The number of nitrogens with one attached hydrogen (secondary N) is 2. The first-order chi connectivity index (χ1) is 12.5. The van der Waals surface area contributed by atoms with Gasteiger partial charge in [0.25, 0.3) is 5.56 Å². The van der Waals surface area contributed by atoms with Gasteiger partial charge in [0.2, 0.25) is 5.91 Å². The Morgan fingerprint density at radius 2 is 1.69 bits per heavy atom. The Kier molecular flexibility index (Phi) is 5.18. The summed E-state index contributed by atoms with van der Waals surface area (Å²) in [6, 6.07) is 17.1. The minimum atomic E-state index is -3.50. The van der Waals surface area contributed by atoms with E-state index in [0.29, 0.717) is 5.56 Å². The second kappa shape index (κ2) is 7.53. The lowest BCUT2D eigenvalue weighted by atomic mass is 10.1. The van der Waals surface area contributed by atoms with Crippen LogP contribution in [0.5, 0.6) is 0 Å². The van der Waals surface area contributed by atoms with Crippen LogP contribution in [0.15, 0.2) is 70.4 Å². The highest BCUT2D eigenvalue weighted by atomic mass is 32.2. The van der Waals surface area contributed by atoms with E-state index in [1.165, 1.54) is 12.1 Å². The molecule has 0 radical (unpaired) electrons.